The molecule has 0 unspecified atom stereocenters. The van der Waals surface area contributed by atoms with Gasteiger partial charge in [-0.15, -0.1) is 11.3 Å². The molecule has 0 aliphatic carbocycles. The highest BCUT2D eigenvalue weighted by Crippen LogP contribution is 2.29. The van der Waals surface area contributed by atoms with Crippen molar-refractivity contribution in [2.24, 2.45) is 5.41 Å². The Bertz CT molecular complexity index is 1310. The van der Waals surface area contributed by atoms with Crippen LogP contribution in [0, 0.1) is 12.3 Å². The van der Waals surface area contributed by atoms with Crippen LogP contribution in [-0.4, -0.2) is 75.2 Å². The van der Waals surface area contributed by atoms with Gasteiger partial charge in [-0.3, -0.25) is 14.4 Å². The van der Waals surface area contributed by atoms with E-state index >= 15 is 0 Å². The zero-order chi connectivity index (χ0) is 32.3. The van der Waals surface area contributed by atoms with Crippen LogP contribution in [0.3, 0.4) is 0 Å². The molecule has 4 N–H and O–H groups in total. The third-order valence-electron chi connectivity index (χ3n) is 7.17. The number of nitrogens with one attached hydrogen (secondary N) is 3. The van der Waals surface area contributed by atoms with E-state index in [1.165, 1.54) is 11.8 Å². The molecule has 0 radical (unpaired) electrons. The lowest BCUT2D eigenvalue weighted by atomic mass is 9.85. The minimum Gasteiger partial charge on any atom is -0.444 e. The predicted molar refractivity (Wildman–Crippen MR) is 165 cm³/mol. The standard InChI is InChI=1S/C31H45N5O6S/c1-17(20-10-12-21(13-11-20)24-18(2)32-16-43-24)33-27(39)23-14-22(37)15-36(23)28(40)25(30(4,5)6)35-26(38)19(3)34-29(41)42-31(7,8)9/h10-13,16-17,19,22-23,25,37H,14-15H2,1-9H3,(H,33,39)(H,34,41)(H,35,38)/t17-,19+,22+,23-,25+/m0/s1. The van der Waals surface area contributed by atoms with Crippen LogP contribution in [0.15, 0.2) is 29.8 Å². The third kappa shape index (κ3) is 8.99. The van der Waals surface area contributed by atoms with Gasteiger partial charge in [0.1, 0.15) is 23.7 Å². The van der Waals surface area contributed by atoms with Crippen LogP contribution < -0.4 is 16.0 Å². The molecule has 2 aromatic rings. The molecule has 5 atom stereocenters. The van der Waals surface area contributed by atoms with Gasteiger partial charge in [0.05, 0.1) is 28.2 Å². The van der Waals surface area contributed by atoms with Gasteiger partial charge in [0, 0.05) is 13.0 Å². The Morgan fingerprint density at radius 3 is 2.19 bits per heavy atom. The van der Waals surface area contributed by atoms with E-state index in [2.05, 4.69) is 20.9 Å². The molecular weight excluding hydrogens is 570 g/mol. The van der Waals surface area contributed by atoms with Crippen LogP contribution in [0.4, 0.5) is 4.79 Å². The number of β-amino-alcohol motifs (C(OH)–C–C–N with tert-alkyl or cyclic N) is 1. The molecular formula is C31H45N5O6S. The zero-order valence-electron chi connectivity index (χ0n) is 26.5. The number of nitrogens with zero attached hydrogens (tertiary/aromatic N) is 2. The summed E-state index contributed by atoms with van der Waals surface area (Å²) in [7, 11) is 0. The third-order valence-corrected chi connectivity index (χ3v) is 8.15. The maximum atomic E-state index is 13.9. The molecule has 12 heteroatoms. The monoisotopic (exact) mass is 615 g/mol. The number of aryl methyl sites for hydroxylation is 1. The number of benzene rings is 1. The highest BCUT2D eigenvalue weighted by Gasteiger charge is 2.45. The molecule has 1 aliphatic heterocycles. The number of rotatable bonds is 8. The van der Waals surface area contributed by atoms with Crippen molar-refractivity contribution >= 4 is 35.2 Å². The second-order valence-corrected chi connectivity index (χ2v) is 14.0. The number of hydrogen-bond acceptors (Lipinski definition) is 8. The summed E-state index contributed by atoms with van der Waals surface area (Å²) >= 11 is 1.57. The Morgan fingerprint density at radius 2 is 1.65 bits per heavy atom. The average Bonchev–Trinajstić information content (AvgIpc) is 3.50. The normalized spacial score (nSPS) is 19.3. The summed E-state index contributed by atoms with van der Waals surface area (Å²) in [6.45, 7) is 15.8. The lowest BCUT2D eigenvalue weighted by molar-refractivity contribution is -0.144. The molecule has 0 spiro atoms. The number of thiazole rings is 1. The van der Waals surface area contributed by atoms with Crippen LogP contribution in [0.1, 0.15) is 79.1 Å². The van der Waals surface area contributed by atoms with Crippen LogP contribution in [-0.2, 0) is 19.1 Å². The Balaban J connectivity index is 1.70. The number of amides is 4. The van der Waals surface area contributed by atoms with Gasteiger partial charge in [-0.1, -0.05) is 45.0 Å². The summed E-state index contributed by atoms with van der Waals surface area (Å²) in [6, 6.07) is 4.60. The summed E-state index contributed by atoms with van der Waals surface area (Å²) in [5.41, 5.74) is 3.23. The summed E-state index contributed by atoms with van der Waals surface area (Å²) < 4.78 is 5.22. The fourth-order valence-electron chi connectivity index (χ4n) is 4.83. The number of carbonyl (C=O) groups is 4. The largest absolute Gasteiger partial charge is 0.444 e. The molecule has 3 rings (SSSR count). The van der Waals surface area contributed by atoms with Gasteiger partial charge in [0.25, 0.3) is 0 Å². The van der Waals surface area contributed by atoms with Crippen molar-refractivity contribution in [1.29, 1.82) is 0 Å². The molecule has 1 aromatic carbocycles. The summed E-state index contributed by atoms with van der Waals surface area (Å²) in [4.78, 5) is 59.2. The summed E-state index contributed by atoms with van der Waals surface area (Å²) in [6.07, 6.45) is -1.56. The quantitative estimate of drug-likeness (QED) is 0.354. The summed E-state index contributed by atoms with van der Waals surface area (Å²) in [5.74, 6) is -1.46. The molecule has 0 bridgehead atoms. The SMILES string of the molecule is Cc1ncsc1-c1ccc([C@H](C)NC(=O)[C@@H]2C[C@@H](O)CN2C(=O)[C@@H](NC(=O)[C@@H](C)NC(=O)OC(C)(C)C)C(C)(C)C)cc1. The van der Waals surface area contributed by atoms with Crippen LogP contribution >= 0.6 is 11.3 Å². The maximum Gasteiger partial charge on any atom is 0.408 e. The first-order valence-electron chi connectivity index (χ1n) is 14.5. The number of aliphatic hydroxyl groups excluding tert-OH is 1. The Labute approximate surface area is 257 Å². The number of aliphatic hydroxyl groups is 1. The number of ether oxygens (including phenoxy) is 1. The first-order valence-corrected chi connectivity index (χ1v) is 15.3. The minimum absolute atomic E-state index is 0.0393. The number of carbonyl (C=O) groups excluding carboxylic acids is 4. The van der Waals surface area contributed by atoms with E-state index in [-0.39, 0.29) is 19.0 Å². The van der Waals surface area contributed by atoms with Gasteiger partial charge in [-0.2, -0.15) is 0 Å². The fourth-order valence-corrected chi connectivity index (χ4v) is 5.64. The predicted octanol–water partition coefficient (Wildman–Crippen LogP) is 3.70. The smallest absolute Gasteiger partial charge is 0.408 e. The number of alkyl carbamates (subject to hydrolysis) is 1. The topological polar surface area (TPSA) is 150 Å². The maximum absolute atomic E-state index is 13.9. The van der Waals surface area contributed by atoms with Gasteiger partial charge < -0.3 is 30.7 Å². The van der Waals surface area contributed by atoms with E-state index in [1.807, 2.05) is 43.6 Å². The number of hydrogen-bond donors (Lipinski definition) is 4. The molecule has 0 saturated carbocycles. The van der Waals surface area contributed by atoms with Crippen LogP contribution in [0.5, 0.6) is 0 Å². The summed E-state index contributed by atoms with van der Waals surface area (Å²) in [5, 5.41) is 18.7. The molecule has 1 saturated heterocycles. The zero-order valence-corrected chi connectivity index (χ0v) is 27.3. The first kappa shape index (κ1) is 34.0. The van der Waals surface area contributed by atoms with Crippen LogP contribution in [0.25, 0.3) is 10.4 Å². The Kier molecular flexibility index (Phi) is 10.6. The number of aromatic nitrogens is 1. The van der Waals surface area contributed by atoms with Crippen molar-refractivity contribution < 1.29 is 29.0 Å². The van der Waals surface area contributed by atoms with Crippen molar-refractivity contribution in [3.05, 3.63) is 41.0 Å². The second-order valence-electron chi connectivity index (χ2n) is 13.2. The minimum atomic E-state index is -1.02. The first-order chi connectivity index (χ1) is 19.9. The van der Waals surface area contributed by atoms with E-state index in [0.29, 0.717) is 0 Å². The lowest BCUT2D eigenvalue weighted by Crippen LogP contribution is -2.60. The van der Waals surface area contributed by atoms with Gasteiger partial charge in [0.2, 0.25) is 17.7 Å². The fraction of sp³-hybridized carbons (Fsp3) is 0.581. The highest BCUT2D eigenvalue weighted by molar-refractivity contribution is 7.13. The van der Waals surface area contributed by atoms with E-state index in [4.69, 9.17) is 4.74 Å². The van der Waals surface area contributed by atoms with E-state index < -0.39 is 59.1 Å². The molecule has 236 valence electrons. The molecule has 11 nitrogen and oxygen atoms in total. The number of likely N-dealkylation sites (tertiary alicyclic amines) is 1. The van der Waals surface area contributed by atoms with Crippen molar-refractivity contribution in [2.45, 2.75) is 105 Å². The average molecular weight is 616 g/mol. The van der Waals surface area contributed by atoms with Gasteiger partial charge in [-0.05, 0) is 58.1 Å². The van der Waals surface area contributed by atoms with Crippen molar-refractivity contribution in [2.75, 3.05) is 6.54 Å². The molecule has 43 heavy (non-hydrogen) atoms. The molecule has 4 amide bonds. The lowest BCUT2D eigenvalue weighted by Gasteiger charge is -2.36. The molecule has 1 fully saturated rings. The van der Waals surface area contributed by atoms with E-state index in [9.17, 15) is 24.3 Å². The van der Waals surface area contributed by atoms with Crippen molar-refractivity contribution in [3.8, 4) is 10.4 Å². The van der Waals surface area contributed by atoms with E-state index in [0.717, 1.165) is 21.7 Å². The van der Waals surface area contributed by atoms with E-state index in [1.54, 1.807) is 52.9 Å². The molecule has 1 aliphatic rings. The van der Waals surface area contributed by atoms with Crippen molar-refractivity contribution in [1.82, 2.24) is 25.8 Å². The van der Waals surface area contributed by atoms with Gasteiger partial charge in [-0.25, -0.2) is 9.78 Å². The van der Waals surface area contributed by atoms with Crippen LogP contribution in [0.2, 0.25) is 0 Å². The Hall–Kier alpha value is -3.51. The van der Waals surface area contributed by atoms with Gasteiger partial charge in [0.15, 0.2) is 0 Å². The molecule has 1 aromatic heterocycles. The van der Waals surface area contributed by atoms with Crippen molar-refractivity contribution in [3.63, 3.8) is 0 Å². The second kappa shape index (κ2) is 13.4. The Morgan fingerprint density at radius 1 is 1.02 bits per heavy atom. The highest BCUT2D eigenvalue weighted by atomic mass is 32.1. The molecule has 2 heterocycles. The van der Waals surface area contributed by atoms with Gasteiger partial charge >= 0.3 is 6.09 Å².